The van der Waals surface area contributed by atoms with Crippen LogP contribution in [0.4, 0.5) is 0 Å². The first-order chi connectivity index (χ1) is 5.25. The number of rotatable bonds is 1. The van der Waals surface area contributed by atoms with E-state index >= 15 is 0 Å². The van der Waals surface area contributed by atoms with E-state index in [1.54, 1.807) is 13.1 Å². The lowest BCUT2D eigenvalue weighted by Gasteiger charge is -1.91. The van der Waals surface area contributed by atoms with Crippen molar-refractivity contribution in [1.29, 1.82) is 5.26 Å². The van der Waals surface area contributed by atoms with Crippen LogP contribution in [-0.4, -0.2) is 5.91 Å². The van der Waals surface area contributed by atoms with Crippen molar-refractivity contribution in [2.75, 3.05) is 0 Å². The zero-order valence-electron chi connectivity index (χ0n) is 5.92. The Morgan fingerprint density at radius 1 is 1.82 bits per heavy atom. The predicted molar refractivity (Wildman–Crippen MR) is 36.5 cm³/mol. The SMILES string of the molecule is Cc1occc1C(=O)NC#N. The van der Waals surface area contributed by atoms with E-state index in [-0.39, 0.29) is 0 Å². The summed E-state index contributed by atoms with van der Waals surface area (Å²) in [5.74, 6) is 0.0801. The van der Waals surface area contributed by atoms with Crippen molar-refractivity contribution in [2.24, 2.45) is 0 Å². The first kappa shape index (κ1) is 7.35. The summed E-state index contributed by atoms with van der Waals surface area (Å²) in [6.07, 6.45) is 2.95. The average Bonchev–Trinajstić information content (AvgIpc) is 2.36. The van der Waals surface area contributed by atoms with Gasteiger partial charge in [-0.15, -0.1) is 0 Å². The van der Waals surface area contributed by atoms with Crippen LogP contribution in [0.15, 0.2) is 16.7 Å². The molecule has 1 aromatic heterocycles. The van der Waals surface area contributed by atoms with Crippen molar-refractivity contribution < 1.29 is 9.21 Å². The maximum atomic E-state index is 10.9. The van der Waals surface area contributed by atoms with Crippen LogP contribution in [0, 0.1) is 18.4 Å². The summed E-state index contributed by atoms with van der Waals surface area (Å²) in [7, 11) is 0. The summed E-state index contributed by atoms with van der Waals surface area (Å²) in [5.41, 5.74) is 0.395. The largest absolute Gasteiger partial charge is 0.469 e. The third kappa shape index (κ3) is 1.38. The standard InChI is InChI=1S/C7H6N2O2/c1-5-6(2-3-11-5)7(10)9-4-8/h2-3H,1H3,(H,9,10). The van der Waals surface area contributed by atoms with E-state index in [1.807, 2.05) is 5.32 Å². The summed E-state index contributed by atoms with van der Waals surface area (Å²) < 4.78 is 4.86. The van der Waals surface area contributed by atoms with Crippen molar-refractivity contribution in [1.82, 2.24) is 5.32 Å². The zero-order chi connectivity index (χ0) is 8.27. The van der Waals surface area contributed by atoms with E-state index < -0.39 is 5.91 Å². The maximum Gasteiger partial charge on any atom is 0.267 e. The minimum Gasteiger partial charge on any atom is -0.469 e. The van der Waals surface area contributed by atoms with Crippen molar-refractivity contribution in [3.05, 3.63) is 23.7 Å². The fourth-order valence-corrected chi connectivity index (χ4v) is 0.739. The highest BCUT2D eigenvalue weighted by Gasteiger charge is 2.09. The molecule has 1 aromatic rings. The molecule has 0 atom stereocenters. The van der Waals surface area contributed by atoms with Crippen LogP contribution in [0.5, 0.6) is 0 Å². The van der Waals surface area contributed by atoms with Gasteiger partial charge >= 0.3 is 0 Å². The molecule has 1 rings (SSSR count). The molecule has 0 aliphatic rings. The Bertz CT molecular complexity index is 308. The second kappa shape index (κ2) is 2.88. The van der Waals surface area contributed by atoms with E-state index in [0.717, 1.165) is 0 Å². The molecule has 11 heavy (non-hydrogen) atoms. The molecule has 1 heterocycles. The normalized spacial score (nSPS) is 8.73. The Kier molecular flexibility index (Phi) is 1.93. The predicted octanol–water partition coefficient (Wildman–Crippen LogP) is 0.799. The number of nitrogens with one attached hydrogen (secondary N) is 1. The van der Waals surface area contributed by atoms with Gasteiger partial charge in [0.15, 0.2) is 6.19 Å². The Hall–Kier alpha value is -1.76. The van der Waals surface area contributed by atoms with Crippen LogP contribution in [-0.2, 0) is 0 Å². The topological polar surface area (TPSA) is 66.0 Å². The van der Waals surface area contributed by atoms with Crippen molar-refractivity contribution in [3.63, 3.8) is 0 Å². The highest BCUT2D eigenvalue weighted by molar-refractivity contribution is 5.95. The molecule has 0 unspecified atom stereocenters. The van der Waals surface area contributed by atoms with Crippen LogP contribution in [0.1, 0.15) is 16.1 Å². The van der Waals surface area contributed by atoms with Gasteiger partial charge in [0.25, 0.3) is 5.91 Å². The number of aryl methyl sites for hydroxylation is 1. The van der Waals surface area contributed by atoms with E-state index in [0.29, 0.717) is 11.3 Å². The monoisotopic (exact) mass is 150 g/mol. The van der Waals surface area contributed by atoms with E-state index in [9.17, 15) is 4.79 Å². The van der Waals surface area contributed by atoms with Gasteiger partial charge < -0.3 is 4.42 Å². The molecule has 56 valence electrons. The maximum absolute atomic E-state index is 10.9. The van der Waals surface area contributed by atoms with Crippen LogP contribution in [0.25, 0.3) is 0 Å². The van der Waals surface area contributed by atoms with Gasteiger partial charge in [-0.05, 0) is 13.0 Å². The lowest BCUT2D eigenvalue weighted by molar-refractivity contribution is 0.0971. The van der Waals surface area contributed by atoms with Crippen molar-refractivity contribution >= 4 is 5.91 Å². The molecule has 0 radical (unpaired) electrons. The van der Waals surface area contributed by atoms with Gasteiger partial charge in [-0.2, -0.15) is 5.26 Å². The number of amides is 1. The molecule has 1 amide bonds. The minimum atomic E-state index is -0.432. The van der Waals surface area contributed by atoms with E-state index in [1.165, 1.54) is 12.3 Å². The van der Waals surface area contributed by atoms with Crippen LogP contribution >= 0.6 is 0 Å². The summed E-state index contributed by atoms with van der Waals surface area (Å²) in [4.78, 5) is 10.9. The number of carbonyl (C=O) groups is 1. The molecule has 0 aliphatic carbocycles. The third-order valence-corrected chi connectivity index (χ3v) is 1.27. The van der Waals surface area contributed by atoms with Crippen LogP contribution in [0.3, 0.4) is 0 Å². The summed E-state index contributed by atoms with van der Waals surface area (Å²) in [5, 5.41) is 10.1. The Morgan fingerprint density at radius 2 is 2.55 bits per heavy atom. The first-order valence-electron chi connectivity index (χ1n) is 2.99. The third-order valence-electron chi connectivity index (χ3n) is 1.27. The Balaban J connectivity index is 2.86. The number of hydrogen-bond acceptors (Lipinski definition) is 3. The molecule has 0 aromatic carbocycles. The van der Waals surface area contributed by atoms with Gasteiger partial charge in [0.1, 0.15) is 5.76 Å². The number of hydrogen-bond donors (Lipinski definition) is 1. The number of nitriles is 1. The Morgan fingerprint density at radius 3 is 3.00 bits per heavy atom. The second-order valence-electron chi connectivity index (χ2n) is 1.96. The summed E-state index contributed by atoms with van der Waals surface area (Å²) >= 11 is 0. The van der Waals surface area contributed by atoms with Crippen molar-refractivity contribution in [3.8, 4) is 6.19 Å². The summed E-state index contributed by atoms with van der Waals surface area (Å²) in [6.45, 7) is 1.66. The van der Waals surface area contributed by atoms with Crippen LogP contribution < -0.4 is 5.32 Å². The number of carbonyl (C=O) groups excluding carboxylic acids is 1. The quantitative estimate of drug-likeness (QED) is 0.475. The highest BCUT2D eigenvalue weighted by Crippen LogP contribution is 2.07. The molecular weight excluding hydrogens is 144 g/mol. The van der Waals surface area contributed by atoms with Gasteiger partial charge in [-0.3, -0.25) is 10.1 Å². The molecular formula is C7H6N2O2. The molecule has 4 heteroatoms. The molecule has 1 N–H and O–H groups in total. The molecule has 0 saturated heterocycles. The Labute approximate surface area is 63.4 Å². The van der Waals surface area contributed by atoms with Gasteiger partial charge in [-0.25, -0.2) is 0 Å². The van der Waals surface area contributed by atoms with E-state index in [4.69, 9.17) is 9.68 Å². The van der Waals surface area contributed by atoms with Gasteiger partial charge in [-0.1, -0.05) is 0 Å². The lowest BCUT2D eigenvalue weighted by atomic mass is 10.2. The van der Waals surface area contributed by atoms with Crippen molar-refractivity contribution in [2.45, 2.75) is 6.92 Å². The van der Waals surface area contributed by atoms with Crippen LogP contribution in [0.2, 0.25) is 0 Å². The molecule has 0 spiro atoms. The van der Waals surface area contributed by atoms with E-state index in [2.05, 4.69) is 0 Å². The molecule has 4 nitrogen and oxygen atoms in total. The van der Waals surface area contributed by atoms with Gasteiger partial charge in [0, 0.05) is 0 Å². The highest BCUT2D eigenvalue weighted by atomic mass is 16.3. The first-order valence-corrected chi connectivity index (χ1v) is 2.99. The molecule has 0 aliphatic heterocycles. The number of furan rings is 1. The second-order valence-corrected chi connectivity index (χ2v) is 1.96. The van der Waals surface area contributed by atoms with Gasteiger partial charge in [0.05, 0.1) is 11.8 Å². The zero-order valence-corrected chi connectivity index (χ0v) is 5.92. The molecule has 0 fully saturated rings. The smallest absolute Gasteiger partial charge is 0.267 e. The summed E-state index contributed by atoms with van der Waals surface area (Å²) in [6, 6.07) is 1.52. The minimum absolute atomic E-state index is 0.395. The molecule has 0 saturated carbocycles. The van der Waals surface area contributed by atoms with Gasteiger partial charge in [0.2, 0.25) is 0 Å². The molecule has 0 bridgehead atoms. The average molecular weight is 150 g/mol. The lowest BCUT2D eigenvalue weighted by Crippen LogP contribution is -2.17. The fourth-order valence-electron chi connectivity index (χ4n) is 0.739. The number of nitrogens with zero attached hydrogens (tertiary/aromatic N) is 1. The fraction of sp³-hybridized carbons (Fsp3) is 0.143.